The van der Waals surface area contributed by atoms with E-state index in [4.69, 9.17) is 0 Å². The highest BCUT2D eigenvalue weighted by molar-refractivity contribution is 6.09. The zero-order valence-corrected chi connectivity index (χ0v) is 18.0. The molecule has 2 aromatic carbocycles. The van der Waals surface area contributed by atoms with Crippen molar-refractivity contribution in [1.82, 2.24) is 15.1 Å². The summed E-state index contributed by atoms with van der Waals surface area (Å²) < 4.78 is 0. The molecule has 1 aliphatic carbocycles. The predicted molar refractivity (Wildman–Crippen MR) is 118 cm³/mol. The van der Waals surface area contributed by atoms with E-state index >= 15 is 0 Å². The average molecular weight is 420 g/mol. The van der Waals surface area contributed by atoms with Gasteiger partial charge in [0.15, 0.2) is 0 Å². The number of hydrogen-bond donors (Lipinski definition) is 1. The maximum Gasteiger partial charge on any atom is 0.325 e. The van der Waals surface area contributed by atoms with Gasteiger partial charge in [0.25, 0.3) is 5.91 Å². The lowest BCUT2D eigenvalue weighted by atomic mass is 9.78. The van der Waals surface area contributed by atoms with Gasteiger partial charge in [0, 0.05) is 12.6 Å². The fourth-order valence-corrected chi connectivity index (χ4v) is 5.70. The number of nitrogens with one attached hydrogen (secondary N) is 1. The van der Waals surface area contributed by atoms with Crippen LogP contribution in [0.3, 0.4) is 0 Å². The second-order valence-corrected chi connectivity index (χ2v) is 9.35. The second-order valence-electron chi connectivity index (χ2n) is 9.35. The summed E-state index contributed by atoms with van der Waals surface area (Å²) in [5.41, 5.74) is -0.443. The number of fused-ring (bicyclic) bond motifs is 2. The van der Waals surface area contributed by atoms with Crippen LogP contribution in [-0.2, 0) is 15.1 Å². The van der Waals surface area contributed by atoms with E-state index in [1.807, 2.05) is 47.4 Å². The standard InChI is InChI=1S/C25H29N3O3/c1-25(20-13-12-17-7-2-3-9-19(17)15-20)23(30)28(24(31)26-25)16-22(29)27-14-6-10-18-8-4-5-11-21(18)27/h2-3,7,9,12-13,15,18,21H,4-6,8,10-11,14,16H2,1H3,(H,26,31)/t18-,21+,25+/m0/s1. The van der Waals surface area contributed by atoms with Gasteiger partial charge in [-0.15, -0.1) is 0 Å². The van der Waals surface area contributed by atoms with Gasteiger partial charge < -0.3 is 10.2 Å². The maximum atomic E-state index is 13.3. The quantitative estimate of drug-likeness (QED) is 0.770. The topological polar surface area (TPSA) is 69.7 Å². The molecule has 1 N–H and O–H groups in total. The van der Waals surface area contributed by atoms with Crippen LogP contribution in [0.2, 0.25) is 0 Å². The van der Waals surface area contributed by atoms with Crippen LogP contribution >= 0.6 is 0 Å². The maximum absolute atomic E-state index is 13.3. The molecule has 162 valence electrons. The van der Waals surface area contributed by atoms with Crippen LogP contribution in [0.4, 0.5) is 4.79 Å². The fourth-order valence-electron chi connectivity index (χ4n) is 5.70. The Bertz CT molecular complexity index is 1050. The first-order valence-electron chi connectivity index (χ1n) is 11.4. The molecule has 1 saturated carbocycles. The molecule has 4 amide bonds. The van der Waals surface area contributed by atoms with Crippen molar-refractivity contribution in [2.24, 2.45) is 5.92 Å². The molecule has 0 spiro atoms. The van der Waals surface area contributed by atoms with Crippen molar-refractivity contribution in [3.05, 3.63) is 48.0 Å². The number of urea groups is 1. The lowest BCUT2D eigenvalue weighted by Gasteiger charge is -2.44. The van der Waals surface area contributed by atoms with Crippen molar-refractivity contribution in [1.29, 1.82) is 0 Å². The monoisotopic (exact) mass is 419 g/mol. The molecule has 6 heteroatoms. The van der Waals surface area contributed by atoms with Gasteiger partial charge >= 0.3 is 6.03 Å². The number of nitrogens with zero attached hydrogens (tertiary/aromatic N) is 2. The number of hydrogen-bond acceptors (Lipinski definition) is 3. The molecule has 6 nitrogen and oxygen atoms in total. The Morgan fingerprint density at radius 2 is 1.77 bits per heavy atom. The zero-order chi connectivity index (χ0) is 21.6. The molecule has 2 aromatic rings. The molecule has 0 aromatic heterocycles. The first-order valence-corrected chi connectivity index (χ1v) is 11.4. The normalized spacial score (nSPS) is 28.5. The van der Waals surface area contributed by atoms with Crippen molar-refractivity contribution in [2.75, 3.05) is 13.1 Å². The van der Waals surface area contributed by atoms with Crippen LogP contribution in [0.25, 0.3) is 10.8 Å². The van der Waals surface area contributed by atoms with Crippen molar-refractivity contribution >= 4 is 28.6 Å². The minimum Gasteiger partial charge on any atom is -0.338 e. The lowest BCUT2D eigenvalue weighted by molar-refractivity contribution is -0.142. The third-order valence-corrected chi connectivity index (χ3v) is 7.46. The van der Waals surface area contributed by atoms with Crippen LogP contribution in [0.5, 0.6) is 0 Å². The molecule has 2 saturated heterocycles. The molecule has 0 bridgehead atoms. The average Bonchev–Trinajstić information content (AvgIpc) is 3.02. The summed E-state index contributed by atoms with van der Waals surface area (Å²) >= 11 is 0. The van der Waals surface area contributed by atoms with E-state index in [9.17, 15) is 14.4 Å². The van der Waals surface area contributed by atoms with E-state index in [0.29, 0.717) is 5.92 Å². The Morgan fingerprint density at radius 1 is 1.03 bits per heavy atom. The number of benzene rings is 2. The van der Waals surface area contributed by atoms with Crippen molar-refractivity contribution in [3.8, 4) is 0 Å². The van der Waals surface area contributed by atoms with E-state index in [1.165, 1.54) is 19.3 Å². The van der Waals surface area contributed by atoms with Crippen molar-refractivity contribution in [2.45, 2.75) is 57.0 Å². The van der Waals surface area contributed by atoms with Crippen LogP contribution in [0.1, 0.15) is 51.0 Å². The Balaban J connectivity index is 1.36. The third-order valence-electron chi connectivity index (χ3n) is 7.46. The van der Waals surface area contributed by atoms with Crippen LogP contribution in [-0.4, -0.2) is 46.8 Å². The Morgan fingerprint density at radius 3 is 2.61 bits per heavy atom. The summed E-state index contributed by atoms with van der Waals surface area (Å²) in [5.74, 6) is 0.0959. The van der Waals surface area contributed by atoms with Gasteiger partial charge in [-0.3, -0.25) is 14.5 Å². The van der Waals surface area contributed by atoms with Gasteiger partial charge in [-0.05, 0) is 60.9 Å². The minimum atomic E-state index is -1.17. The first-order chi connectivity index (χ1) is 15.0. The number of piperidine rings is 1. The van der Waals surface area contributed by atoms with Gasteiger partial charge in [0.2, 0.25) is 5.91 Å². The van der Waals surface area contributed by atoms with Gasteiger partial charge in [0.1, 0.15) is 12.1 Å². The number of likely N-dealkylation sites (tertiary alicyclic amines) is 1. The Labute approximate surface area is 182 Å². The lowest BCUT2D eigenvalue weighted by Crippen LogP contribution is -2.53. The van der Waals surface area contributed by atoms with Gasteiger partial charge in [-0.25, -0.2) is 4.79 Å². The molecule has 0 unspecified atom stereocenters. The van der Waals surface area contributed by atoms with Crippen molar-refractivity contribution in [3.63, 3.8) is 0 Å². The summed E-state index contributed by atoms with van der Waals surface area (Å²) in [7, 11) is 0. The van der Waals surface area contributed by atoms with Crippen LogP contribution < -0.4 is 5.32 Å². The van der Waals surface area contributed by atoms with E-state index in [1.54, 1.807) is 6.92 Å². The number of amides is 4. The van der Waals surface area contributed by atoms with E-state index in [0.717, 1.165) is 47.0 Å². The highest BCUT2D eigenvalue weighted by Gasteiger charge is 2.50. The highest BCUT2D eigenvalue weighted by atomic mass is 16.2. The Kier molecular flexibility index (Phi) is 4.95. The Hall–Kier alpha value is -2.89. The van der Waals surface area contributed by atoms with Crippen molar-refractivity contribution < 1.29 is 14.4 Å². The molecule has 5 rings (SSSR count). The third kappa shape index (κ3) is 3.38. The van der Waals surface area contributed by atoms with Gasteiger partial charge in [-0.1, -0.05) is 49.2 Å². The second kappa shape index (κ2) is 7.66. The molecule has 3 fully saturated rings. The zero-order valence-electron chi connectivity index (χ0n) is 18.0. The highest BCUT2D eigenvalue weighted by Crippen LogP contribution is 2.36. The molecule has 0 radical (unpaired) electrons. The van der Waals surface area contributed by atoms with E-state index in [2.05, 4.69) is 5.32 Å². The van der Waals surface area contributed by atoms with Gasteiger partial charge in [0.05, 0.1) is 0 Å². The van der Waals surface area contributed by atoms with Crippen LogP contribution in [0, 0.1) is 5.92 Å². The number of imide groups is 1. The summed E-state index contributed by atoms with van der Waals surface area (Å²) in [6.07, 6.45) is 6.77. The van der Waals surface area contributed by atoms with E-state index in [-0.39, 0.29) is 24.4 Å². The molecule has 2 heterocycles. The number of carbonyl (C=O) groups is 3. The minimum absolute atomic E-state index is 0.108. The summed E-state index contributed by atoms with van der Waals surface area (Å²) in [6, 6.07) is 13.5. The molecular formula is C25H29N3O3. The summed E-state index contributed by atoms with van der Waals surface area (Å²) in [5, 5.41) is 4.93. The number of rotatable bonds is 3. The number of carbonyl (C=O) groups excluding carboxylic acids is 3. The van der Waals surface area contributed by atoms with E-state index < -0.39 is 11.6 Å². The SMILES string of the molecule is C[C@]1(c2ccc3ccccc3c2)NC(=O)N(CC(=O)N2CCC[C@@H]3CCCC[C@H]32)C1=O. The molecule has 31 heavy (non-hydrogen) atoms. The first kappa shape index (κ1) is 20.0. The summed E-state index contributed by atoms with van der Waals surface area (Å²) in [4.78, 5) is 42.3. The van der Waals surface area contributed by atoms with Gasteiger partial charge in [-0.2, -0.15) is 0 Å². The molecule has 3 atom stereocenters. The molecular weight excluding hydrogens is 390 g/mol. The van der Waals surface area contributed by atoms with Crippen LogP contribution in [0.15, 0.2) is 42.5 Å². The largest absolute Gasteiger partial charge is 0.338 e. The smallest absolute Gasteiger partial charge is 0.325 e. The molecule has 2 aliphatic heterocycles. The predicted octanol–water partition coefficient (Wildman–Crippen LogP) is 3.79. The fraction of sp³-hybridized carbons (Fsp3) is 0.480. The summed E-state index contributed by atoms with van der Waals surface area (Å²) in [6.45, 7) is 2.27. The molecule has 3 aliphatic rings.